The summed E-state index contributed by atoms with van der Waals surface area (Å²) in [6.45, 7) is 0.0431. The van der Waals surface area contributed by atoms with Crippen molar-refractivity contribution in [2.45, 2.75) is 31.0 Å². The Kier molecular flexibility index (Phi) is 4.12. The molecule has 1 N–H and O–H groups in total. The van der Waals surface area contributed by atoms with E-state index in [1.165, 1.54) is 0 Å². The van der Waals surface area contributed by atoms with Gasteiger partial charge in [0.25, 0.3) is 0 Å². The molecule has 0 saturated carbocycles. The number of hydrogen-bond acceptors (Lipinski definition) is 3. The van der Waals surface area contributed by atoms with Gasteiger partial charge in [-0.1, -0.05) is 0 Å². The summed E-state index contributed by atoms with van der Waals surface area (Å²) in [6, 6.07) is 0. The summed E-state index contributed by atoms with van der Waals surface area (Å²) in [5.74, 6) is -2.23. The van der Waals surface area contributed by atoms with Crippen LogP contribution in [-0.4, -0.2) is 37.5 Å². The van der Waals surface area contributed by atoms with Gasteiger partial charge in [-0.3, -0.25) is 4.39 Å². The molecule has 7 heteroatoms. The van der Waals surface area contributed by atoms with Gasteiger partial charge in [-0.05, 0) is 25.9 Å². The van der Waals surface area contributed by atoms with Crippen LogP contribution < -0.4 is 5.32 Å². The number of nitrogens with one attached hydrogen (secondary N) is 1. The Labute approximate surface area is 90.1 Å². The van der Waals surface area contributed by atoms with E-state index < -0.39 is 24.4 Å². The Morgan fingerprint density at radius 3 is 2.31 bits per heavy atom. The normalized spacial score (nSPS) is 20.5. The summed E-state index contributed by atoms with van der Waals surface area (Å²) in [5, 5.41) is 2.91. The summed E-state index contributed by atoms with van der Waals surface area (Å²) in [6.07, 6.45) is -4.79. The molecule has 0 aromatic heterocycles. The highest BCUT2D eigenvalue weighted by molar-refractivity contribution is 5.76. The van der Waals surface area contributed by atoms with Gasteiger partial charge >= 0.3 is 12.1 Å². The van der Waals surface area contributed by atoms with Crippen LogP contribution in [0.2, 0.25) is 0 Å². The first-order valence-electron chi connectivity index (χ1n) is 4.96. The third-order valence-corrected chi connectivity index (χ3v) is 2.61. The van der Waals surface area contributed by atoms with Crippen LogP contribution in [0.5, 0.6) is 0 Å². The number of hydrogen-bond donors (Lipinski definition) is 1. The zero-order chi connectivity index (χ0) is 12.2. The number of carbonyl (C=O) groups is 1. The number of piperidine rings is 1. The number of ether oxygens (including phenoxy) is 1. The second-order valence-corrected chi connectivity index (χ2v) is 3.76. The molecule has 1 fully saturated rings. The maximum absolute atomic E-state index is 12.3. The maximum atomic E-state index is 12.3. The van der Waals surface area contributed by atoms with Gasteiger partial charge in [0.05, 0.1) is 6.67 Å². The molecule has 1 aliphatic rings. The molecule has 1 saturated heterocycles. The van der Waals surface area contributed by atoms with Gasteiger partial charge in [0, 0.05) is 6.42 Å². The Morgan fingerprint density at radius 1 is 1.31 bits per heavy atom. The van der Waals surface area contributed by atoms with Gasteiger partial charge < -0.3 is 10.1 Å². The zero-order valence-corrected chi connectivity index (χ0v) is 8.57. The van der Waals surface area contributed by atoms with E-state index in [4.69, 9.17) is 0 Å². The van der Waals surface area contributed by atoms with Gasteiger partial charge in [-0.15, -0.1) is 0 Å². The van der Waals surface area contributed by atoms with Crippen LogP contribution in [0.15, 0.2) is 0 Å². The smallest absolute Gasteiger partial charge is 0.452 e. The minimum atomic E-state index is -5.02. The highest BCUT2D eigenvalue weighted by Crippen LogP contribution is 2.30. The number of esters is 1. The molecule has 0 aromatic rings. The van der Waals surface area contributed by atoms with Crippen molar-refractivity contribution in [3.8, 4) is 0 Å². The maximum Gasteiger partial charge on any atom is 0.490 e. The van der Waals surface area contributed by atoms with E-state index in [-0.39, 0.29) is 19.3 Å². The molecule has 0 radical (unpaired) electrons. The molecule has 0 aliphatic carbocycles. The van der Waals surface area contributed by atoms with Crippen molar-refractivity contribution in [3.63, 3.8) is 0 Å². The fourth-order valence-corrected chi connectivity index (χ4v) is 1.71. The molecule has 0 atom stereocenters. The molecule has 1 aliphatic heterocycles. The van der Waals surface area contributed by atoms with Crippen LogP contribution in [-0.2, 0) is 9.53 Å². The van der Waals surface area contributed by atoms with E-state index in [0.29, 0.717) is 13.1 Å². The SMILES string of the molecule is O=C(OC1(CCF)CCNCC1)C(F)(F)F. The highest BCUT2D eigenvalue weighted by atomic mass is 19.4. The average Bonchev–Trinajstić information content (AvgIpc) is 2.17. The lowest BCUT2D eigenvalue weighted by Crippen LogP contribution is -2.47. The van der Waals surface area contributed by atoms with Crippen molar-refractivity contribution in [3.05, 3.63) is 0 Å². The molecule has 0 unspecified atom stereocenters. The third kappa shape index (κ3) is 3.33. The minimum Gasteiger partial charge on any atom is -0.452 e. The molecule has 94 valence electrons. The number of rotatable bonds is 3. The molecule has 0 spiro atoms. The van der Waals surface area contributed by atoms with Crippen LogP contribution >= 0.6 is 0 Å². The molecular formula is C9H13F4NO2. The molecule has 3 nitrogen and oxygen atoms in total. The first-order chi connectivity index (χ1) is 7.40. The van der Waals surface area contributed by atoms with Gasteiger partial charge in [0.1, 0.15) is 5.60 Å². The number of halogens is 4. The molecular weight excluding hydrogens is 230 g/mol. The standard InChI is InChI=1S/C9H13F4NO2/c10-4-1-8(2-5-14-6-3-8)16-7(15)9(11,12)13/h14H,1-6H2. The summed E-state index contributed by atoms with van der Waals surface area (Å²) in [7, 11) is 0. The second-order valence-electron chi connectivity index (χ2n) is 3.76. The monoisotopic (exact) mass is 243 g/mol. The van der Waals surface area contributed by atoms with Crippen molar-refractivity contribution in [1.82, 2.24) is 5.32 Å². The first kappa shape index (κ1) is 13.2. The summed E-state index contributed by atoms with van der Waals surface area (Å²) in [4.78, 5) is 10.7. The van der Waals surface area contributed by atoms with Crippen LogP contribution in [0, 0.1) is 0 Å². The Morgan fingerprint density at radius 2 is 1.88 bits per heavy atom. The molecule has 1 heterocycles. The Hall–Kier alpha value is -0.850. The average molecular weight is 243 g/mol. The lowest BCUT2D eigenvalue weighted by atomic mass is 9.89. The Bertz CT molecular complexity index is 243. The lowest BCUT2D eigenvalue weighted by molar-refractivity contribution is -0.217. The largest absolute Gasteiger partial charge is 0.490 e. The van der Waals surface area contributed by atoms with E-state index in [1.807, 2.05) is 0 Å². The summed E-state index contributed by atoms with van der Waals surface area (Å²) in [5.41, 5.74) is -1.30. The van der Waals surface area contributed by atoms with Crippen molar-refractivity contribution in [2.75, 3.05) is 19.8 Å². The topological polar surface area (TPSA) is 38.3 Å². The van der Waals surface area contributed by atoms with Crippen molar-refractivity contribution >= 4 is 5.97 Å². The Balaban J connectivity index is 2.67. The highest BCUT2D eigenvalue weighted by Gasteiger charge is 2.46. The van der Waals surface area contributed by atoms with Gasteiger partial charge in [0.15, 0.2) is 0 Å². The second kappa shape index (κ2) is 4.99. The summed E-state index contributed by atoms with van der Waals surface area (Å²) >= 11 is 0. The van der Waals surface area contributed by atoms with Crippen LogP contribution in [0.3, 0.4) is 0 Å². The van der Waals surface area contributed by atoms with E-state index in [0.717, 1.165) is 0 Å². The minimum absolute atomic E-state index is 0.184. The van der Waals surface area contributed by atoms with Crippen molar-refractivity contribution in [2.24, 2.45) is 0 Å². The van der Waals surface area contributed by atoms with E-state index in [9.17, 15) is 22.4 Å². The summed E-state index contributed by atoms with van der Waals surface area (Å²) < 4.78 is 52.8. The van der Waals surface area contributed by atoms with Crippen LogP contribution in [0.1, 0.15) is 19.3 Å². The zero-order valence-electron chi connectivity index (χ0n) is 8.57. The molecule has 16 heavy (non-hydrogen) atoms. The van der Waals surface area contributed by atoms with Crippen molar-refractivity contribution in [1.29, 1.82) is 0 Å². The van der Waals surface area contributed by atoms with E-state index in [2.05, 4.69) is 10.1 Å². The van der Waals surface area contributed by atoms with Gasteiger partial charge in [0.2, 0.25) is 0 Å². The molecule has 0 amide bonds. The third-order valence-electron chi connectivity index (χ3n) is 2.61. The fraction of sp³-hybridized carbons (Fsp3) is 0.889. The first-order valence-corrected chi connectivity index (χ1v) is 4.96. The van der Waals surface area contributed by atoms with Crippen LogP contribution in [0.4, 0.5) is 17.6 Å². The van der Waals surface area contributed by atoms with Crippen molar-refractivity contribution < 1.29 is 27.1 Å². The van der Waals surface area contributed by atoms with Gasteiger partial charge in [-0.2, -0.15) is 13.2 Å². The van der Waals surface area contributed by atoms with E-state index >= 15 is 0 Å². The lowest BCUT2D eigenvalue weighted by Gasteiger charge is -2.36. The predicted molar refractivity (Wildman–Crippen MR) is 47.6 cm³/mol. The number of alkyl halides is 4. The van der Waals surface area contributed by atoms with E-state index in [1.54, 1.807) is 0 Å². The quantitative estimate of drug-likeness (QED) is 0.604. The fourth-order valence-electron chi connectivity index (χ4n) is 1.71. The van der Waals surface area contributed by atoms with Gasteiger partial charge in [-0.25, -0.2) is 4.79 Å². The molecule has 0 aromatic carbocycles. The predicted octanol–water partition coefficient (Wildman–Crippen LogP) is 1.57. The molecule has 0 bridgehead atoms. The molecule has 1 rings (SSSR count). The van der Waals surface area contributed by atoms with Crippen LogP contribution in [0.25, 0.3) is 0 Å². The number of carbonyl (C=O) groups excluding carboxylic acids is 1.